The number of nitrogens with zero attached hydrogens (tertiary/aromatic N) is 2. The number of benzene rings is 1. The Balaban J connectivity index is 2.63. The Morgan fingerprint density at radius 1 is 1.35 bits per heavy atom. The normalized spacial score (nSPS) is 11.8. The van der Waals surface area contributed by atoms with Crippen molar-refractivity contribution in [2.75, 3.05) is 0 Å². The van der Waals surface area contributed by atoms with Gasteiger partial charge in [-0.05, 0) is 18.4 Å². The summed E-state index contributed by atoms with van der Waals surface area (Å²) in [5.74, 6) is -0.0524. The van der Waals surface area contributed by atoms with Gasteiger partial charge in [-0.1, -0.05) is 67.2 Å². The maximum atomic E-state index is 11.9. The van der Waals surface area contributed by atoms with Crippen molar-refractivity contribution in [1.29, 1.82) is 5.26 Å². The average Bonchev–Trinajstić information content (AvgIpc) is 2.39. The number of aryl methyl sites for hydroxylation is 1. The summed E-state index contributed by atoms with van der Waals surface area (Å²) in [5, 5.41) is 10.6. The van der Waals surface area contributed by atoms with E-state index in [2.05, 4.69) is 4.99 Å². The van der Waals surface area contributed by atoms with E-state index in [1.54, 1.807) is 23.7 Å². The van der Waals surface area contributed by atoms with E-state index in [-0.39, 0.29) is 5.78 Å². The molecule has 1 aromatic carbocycles. The molecule has 5 heteroatoms. The van der Waals surface area contributed by atoms with Gasteiger partial charge in [0.25, 0.3) is 0 Å². The third-order valence-corrected chi connectivity index (χ3v) is 4.11. The lowest BCUT2D eigenvalue weighted by Crippen LogP contribution is -1.95. The predicted molar refractivity (Wildman–Crippen MR) is 88.0 cm³/mol. The fourth-order valence-electron chi connectivity index (χ4n) is 1.29. The zero-order chi connectivity index (χ0) is 15.0. The Morgan fingerprint density at radius 3 is 2.55 bits per heavy atom. The molecular weight excluding hydrogens is 288 g/mol. The van der Waals surface area contributed by atoms with Gasteiger partial charge in [-0.25, -0.2) is 0 Å². The summed E-state index contributed by atoms with van der Waals surface area (Å²) in [6, 6.07) is 7.43. The smallest absolute Gasteiger partial charge is 0.207 e. The lowest BCUT2D eigenvalue weighted by molar-refractivity contribution is 0.104. The number of carbonyl (C=O) groups excluding carboxylic acids is 1. The summed E-state index contributed by atoms with van der Waals surface area (Å²) in [6.45, 7) is 6.03. The molecule has 0 aliphatic heterocycles. The molecule has 0 spiro atoms. The summed E-state index contributed by atoms with van der Waals surface area (Å²) >= 11 is 2.79. The maximum absolute atomic E-state index is 11.9. The molecule has 0 fully saturated rings. The molecule has 0 bridgehead atoms. The minimum absolute atomic E-state index is 0.0524. The molecule has 0 atom stereocenters. The van der Waals surface area contributed by atoms with Gasteiger partial charge in [0.15, 0.2) is 5.78 Å². The van der Waals surface area contributed by atoms with Crippen LogP contribution in [0.15, 0.2) is 40.7 Å². The number of allylic oxidation sites excluding steroid dienone is 1. The number of carbonyl (C=O) groups is 1. The molecular formula is C15H16N2OS2. The first-order valence-electron chi connectivity index (χ1n) is 6.10. The number of hydrogen-bond donors (Lipinski definition) is 0. The van der Waals surface area contributed by atoms with Crippen LogP contribution in [0.25, 0.3) is 0 Å². The van der Waals surface area contributed by atoms with Gasteiger partial charge in [0, 0.05) is 10.8 Å². The Labute approximate surface area is 128 Å². The Bertz CT molecular complexity index is 554. The molecule has 3 nitrogen and oxygen atoms in total. The summed E-state index contributed by atoms with van der Waals surface area (Å²) in [4.78, 5) is 15.6. The van der Waals surface area contributed by atoms with E-state index in [4.69, 9.17) is 5.26 Å². The predicted octanol–water partition coefficient (Wildman–Crippen LogP) is 4.40. The fraction of sp³-hybridized carbons (Fsp3) is 0.267. The van der Waals surface area contributed by atoms with Crippen molar-refractivity contribution >= 4 is 33.7 Å². The highest BCUT2D eigenvalue weighted by Gasteiger charge is 2.04. The van der Waals surface area contributed by atoms with E-state index in [1.165, 1.54) is 29.6 Å². The molecule has 0 saturated carbocycles. The third kappa shape index (κ3) is 6.09. The molecule has 0 saturated heterocycles. The van der Waals surface area contributed by atoms with Crippen LogP contribution in [0, 0.1) is 18.4 Å². The number of rotatable bonds is 4. The van der Waals surface area contributed by atoms with Crippen molar-refractivity contribution in [1.82, 2.24) is 0 Å². The van der Waals surface area contributed by atoms with Crippen LogP contribution in [-0.2, 0) is 0 Å². The van der Waals surface area contributed by atoms with Crippen LogP contribution < -0.4 is 0 Å². The summed E-state index contributed by atoms with van der Waals surface area (Å²) in [6.07, 6.45) is 3.28. The first kappa shape index (κ1) is 16.5. The van der Waals surface area contributed by atoms with Gasteiger partial charge >= 0.3 is 0 Å². The van der Waals surface area contributed by atoms with Crippen molar-refractivity contribution in [3.05, 3.63) is 46.9 Å². The van der Waals surface area contributed by atoms with Crippen LogP contribution in [0.1, 0.15) is 29.8 Å². The van der Waals surface area contributed by atoms with Crippen molar-refractivity contribution < 1.29 is 4.79 Å². The SMILES string of the molecule is Cc1ccc(C(=O)C=CSC(=NC#N)SC(C)C)cc1. The number of thioether (sulfide) groups is 2. The van der Waals surface area contributed by atoms with Gasteiger partial charge in [-0.3, -0.25) is 4.79 Å². The van der Waals surface area contributed by atoms with E-state index in [0.717, 1.165) is 5.56 Å². The van der Waals surface area contributed by atoms with Crippen molar-refractivity contribution in [3.63, 3.8) is 0 Å². The summed E-state index contributed by atoms with van der Waals surface area (Å²) < 4.78 is 0.649. The molecule has 20 heavy (non-hydrogen) atoms. The van der Waals surface area contributed by atoms with Crippen LogP contribution >= 0.6 is 23.5 Å². The second-order valence-electron chi connectivity index (χ2n) is 4.30. The van der Waals surface area contributed by atoms with Gasteiger partial charge in [0.1, 0.15) is 4.38 Å². The lowest BCUT2D eigenvalue weighted by Gasteiger charge is -2.03. The van der Waals surface area contributed by atoms with Crippen molar-refractivity contribution in [2.24, 2.45) is 4.99 Å². The van der Waals surface area contributed by atoms with E-state index < -0.39 is 0 Å². The topological polar surface area (TPSA) is 53.2 Å². The quantitative estimate of drug-likeness (QED) is 0.272. The van der Waals surface area contributed by atoms with Gasteiger partial charge in [0.2, 0.25) is 6.19 Å². The van der Waals surface area contributed by atoms with Crippen LogP contribution in [0.4, 0.5) is 0 Å². The minimum atomic E-state index is -0.0524. The molecule has 0 radical (unpaired) electrons. The molecule has 0 heterocycles. The molecule has 1 rings (SSSR count). The molecule has 0 N–H and O–H groups in total. The van der Waals surface area contributed by atoms with Crippen LogP contribution in [0.2, 0.25) is 0 Å². The van der Waals surface area contributed by atoms with Gasteiger partial charge < -0.3 is 0 Å². The zero-order valence-electron chi connectivity index (χ0n) is 11.7. The largest absolute Gasteiger partial charge is 0.289 e. The van der Waals surface area contributed by atoms with E-state index in [1.807, 2.05) is 32.9 Å². The highest BCUT2D eigenvalue weighted by Crippen LogP contribution is 2.22. The van der Waals surface area contributed by atoms with Gasteiger partial charge in [0.05, 0.1) is 0 Å². The molecule has 0 aliphatic carbocycles. The molecule has 0 unspecified atom stereocenters. The molecule has 0 aliphatic rings. The molecule has 0 amide bonds. The Hall–Kier alpha value is -1.51. The minimum Gasteiger partial charge on any atom is -0.289 e. The van der Waals surface area contributed by atoms with E-state index in [0.29, 0.717) is 15.2 Å². The second-order valence-corrected chi connectivity index (χ2v) is 7.01. The van der Waals surface area contributed by atoms with Gasteiger partial charge in [-0.15, -0.1) is 0 Å². The van der Waals surface area contributed by atoms with Crippen LogP contribution in [0.3, 0.4) is 0 Å². The standard InChI is InChI=1S/C15H16N2OS2/c1-11(2)20-15(17-10-16)19-9-8-14(18)13-6-4-12(3)5-7-13/h4-9,11H,1-3H3. The highest BCUT2D eigenvalue weighted by atomic mass is 32.2. The molecule has 1 aromatic rings. The summed E-state index contributed by atoms with van der Waals surface area (Å²) in [7, 11) is 0. The van der Waals surface area contributed by atoms with Crippen LogP contribution in [-0.4, -0.2) is 15.4 Å². The third-order valence-electron chi connectivity index (χ3n) is 2.20. The second kappa shape index (κ2) is 8.62. The van der Waals surface area contributed by atoms with Crippen molar-refractivity contribution in [2.45, 2.75) is 26.0 Å². The number of hydrogen-bond acceptors (Lipinski definition) is 5. The first-order chi connectivity index (χ1) is 9.52. The van der Waals surface area contributed by atoms with Crippen molar-refractivity contribution in [3.8, 4) is 6.19 Å². The zero-order valence-corrected chi connectivity index (χ0v) is 13.3. The van der Waals surface area contributed by atoms with Crippen LogP contribution in [0.5, 0.6) is 0 Å². The maximum Gasteiger partial charge on any atom is 0.207 e. The highest BCUT2D eigenvalue weighted by molar-refractivity contribution is 8.40. The lowest BCUT2D eigenvalue weighted by atomic mass is 10.1. The Kier molecular flexibility index (Phi) is 7.13. The Morgan fingerprint density at radius 2 is 2.00 bits per heavy atom. The number of ketones is 1. The van der Waals surface area contributed by atoms with E-state index >= 15 is 0 Å². The number of nitriles is 1. The monoisotopic (exact) mass is 304 g/mol. The van der Waals surface area contributed by atoms with Gasteiger partial charge in [-0.2, -0.15) is 10.3 Å². The molecule has 0 aromatic heterocycles. The molecule has 104 valence electrons. The first-order valence-corrected chi connectivity index (χ1v) is 7.86. The summed E-state index contributed by atoms with van der Waals surface area (Å²) in [5.41, 5.74) is 1.78. The fourth-order valence-corrected chi connectivity index (χ4v) is 3.16. The number of aliphatic imine (C=N–C) groups is 1. The average molecular weight is 304 g/mol. The van der Waals surface area contributed by atoms with E-state index in [9.17, 15) is 4.79 Å².